The van der Waals surface area contributed by atoms with Crippen LogP contribution in [0, 0.1) is 6.92 Å². The average molecular weight is 353 g/mol. The number of benzene rings is 1. The van der Waals surface area contributed by atoms with E-state index in [1.807, 2.05) is 26.0 Å². The van der Waals surface area contributed by atoms with Gasteiger partial charge >= 0.3 is 0 Å². The van der Waals surface area contributed by atoms with Crippen LogP contribution in [0.1, 0.15) is 54.1 Å². The molecule has 1 aromatic carbocycles. The van der Waals surface area contributed by atoms with Gasteiger partial charge in [-0.05, 0) is 49.4 Å². The first kappa shape index (κ1) is 16.4. The van der Waals surface area contributed by atoms with Gasteiger partial charge in [0.1, 0.15) is 12.1 Å². The van der Waals surface area contributed by atoms with Gasteiger partial charge in [-0.1, -0.05) is 22.9 Å². The van der Waals surface area contributed by atoms with Crippen molar-refractivity contribution in [1.29, 1.82) is 0 Å². The van der Waals surface area contributed by atoms with E-state index in [9.17, 15) is 9.59 Å². The third kappa shape index (κ3) is 3.11. The van der Waals surface area contributed by atoms with Crippen LogP contribution < -0.4 is 0 Å². The fourth-order valence-electron chi connectivity index (χ4n) is 3.15. The second-order valence-corrected chi connectivity index (χ2v) is 6.52. The van der Waals surface area contributed by atoms with E-state index in [-0.39, 0.29) is 5.78 Å². The highest BCUT2D eigenvalue weighted by atomic mass is 79.9. The summed E-state index contributed by atoms with van der Waals surface area (Å²) in [5.41, 5.74) is 2.14. The molecule has 0 radical (unpaired) electrons. The molecule has 0 aliphatic carbocycles. The van der Waals surface area contributed by atoms with Crippen molar-refractivity contribution < 1.29 is 14.3 Å². The third-order valence-electron chi connectivity index (χ3n) is 4.38. The monoisotopic (exact) mass is 352 g/mol. The largest absolute Gasteiger partial charge is 0.381 e. The number of hydrogen-bond donors (Lipinski definition) is 0. The second-order valence-electron chi connectivity index (χ2n) is 5.66. The van der Waals surface area contributed by atoms with E-state index in [1.54, 1.807) is 0 Å². The normalized spacial score (nSPS) is 17.5. The molecule has 1 aliphatic heterocycles. The van der Waals surface area contributed by atoms with Crippen LogP contribution >= 0.6 is 15.9 Å². The van der Waals surface area contributed by atoms with Crippen molar-refractivity contribution in [3.05, 3.63) is 33.3 Å². The minimum atomic E-state index is -0.500. The molecule has 0 unspecified atom stereocenters. The summed E-state index contributed by atoms with van der Waals surface area (Å²) in [7, 11) is 0. The smallest absolute Gasteiger partial charge is 0.150 e. The standard InChI is InChI=1S/C17H21BrO3/c1-3-4-16(20)17(5-7-21-8-6-17)14-9-13(11-19)10-15(18)12(14)2/h9-11H,3-8H2,1-2H3. The summed E-state index contributed by atoms with van der Waals surface area (Å²) in [6.45, 7) is 5.22. The summed E-state index contributed by atoms with van der Waals surface area (Å²) in [5.74, 6) is 0.270. The Hall–Kier alpha value is -1.00. The average Bonchev–Trinajstić information content (AvgIpc) is 2.50. The van der Waals surface area contributed by atoms with Crippen LogP contribution in [0.2, 0.25) is 0 Å². The molecule has 0 aromatic heterocycles. The maximum absolute atomic E-state index is 12.8. The number of Topliss-reactive ketones (excluding diaryl/α,β-unsaturated/α-hetero) is 1. The summed E-state index contributed by atoms with van der Waals surface area (Å²) in [4.78, 5) is 24.0. The van der Waals surface area contributed by atoms with Crippen molar-refractivity contribution in [3.8, 4) is 0 Å². The molecule has 1 saturated heterocycles. The molecule has 0 amide bonds. The highest BCUT2D eigenvalue weighted by Crippen LogP contribution is 2.41. The van der Waals surface area contributed by atoms with Crippen LogP contribution in [-0.2, 0) is 14.9 Å². The zero-order valence-electron chi connectivity index (χ0n) is 12.6. The lowest BCUT2D eigenvalue weighted by molar-refractivity contribution is -0.128. The van der Waals surface area contributed by atoms with Gasteiger partial charge in [-0.15, -0.1) is 0 Å². The first-order chi connectivity index (χ1) is 10.0. The highest BCUT2D eigenvalue weighted by molar-refractivity contribution is 9.10. The molecule has 1 aromatic rings. The maximum Gasteiger partial charge on any atom is 0.150 e. The zero-order chi connectivity index (χ0) is 15.5. The van der Waals surface area contributed by atoms with Gasteiger partial charge in [0, 0.05) is 29.7 Å². The van der Waals surface area contributed by atoms with Crippen molar-refractivity contribution >= 4 is 28.0 Å². The minimum Gasteiger partial charge on any atom is -0.381 e. The van der Waals surface area contributed by atoms with Crippen molar-refractivity contribution in [2.24, 2.45) is 0 Å². The second kappa shape index (κ2) is 6.84. The fraction of sp³-hybridized carbons (Fsp3) is 0.529. The predicted molar refractivity (Wildman–Crippen MR) is 85.9 cm³/mol. The molecule has 4 heteroatoms. The van der Waals surface area contributed by atoms with E-state index in [4.69, 9.17) is 4.74 Å². The molecular weight excluding hydrogens is 332 g/mol. The molecule has 0 saturated carbocycles. The molecule has 1 heterocycles. The van der Waals surface area contributed by atoms with Crippen molar-refractivity contribution in [1.82, 2.24) is 0 Å². The number of hydrogen-bond acceptors (Lipinski definition) is 3. The lowest BCUT2D eigenvalue weighted by Crippen LogP contribution is -2.42. The lowest BCUT2D eigenvalue weighted by atomic mass is 9.68. The van der Waals surface area contributed by atoms with Crippen LogP contribution in [0.5, 0.6) is 0 Å². The summed E-state index contributed by atoms with van der Waals surface area (Å²) in [6.07, 6.45) is 3.64. The first-order valence-electron chi connectivity index (χ1n) is 7.42. The van der Waals surface area contributed by atoms with Gasteiger partial charge in [-0.3, -0.25) is 9.59 Å². The van der Waals surface area contributed by atoms with Gasteiger partial charge in [0.15, 0.2) is 0 Å². The van der Waals surface area contributed by atoms with E-state index in [0.29, 0.717) is 38.0 Å². The summed E-state index contributed by atoms with van der Waals surface area (Å²) < 4.78 is 6.35. The Morgan fingerprint density at radius 1 is 1.38 bits per heavy atom. The first-order valence-corrected chi connectivity index (χ1v) is 8.21. The lowest BCUT2D eigenvalue weighted by Gasteiger charge is -2.38. The van der Waals surface area contributed by atoms with Gasteiger partial charge in [0.05, 0.1) is 5.41 Å². The minimum absolute atomic E-state index is 0.270. The molecule has 1 aliphatic rings. The van der Waals surface area contributed by atoms with Crippen LogP contribution in [0.15, 0.2) is 16.6 Å². The molecule has 0 bridgehead atoms. The van der Waals surface area contributed by atoms with Crippen molar-refractivity contribution in [2.45, 2.75) is 44.9 Å². The zero-order valence-corrected chi connectivity index (χ0v) is 14.2. The molecule has 2 rings (SSSR count). The molecule has 0 N–H and O–H groups in total. The Labute approximate surface area is 134 Å². The Morgan fingerprint density at radius 3 is 2.62 bits per heavy atom. The maximum atomic E-state index is 12.8. The molecule has 0 atom stereocenters. The number of rotatable bonds is 5. The van der Waals surface area contributed by atoms with E-state index >= 15 is 0 Å². The number of ether oxygens (including phenoxy) is 1. The van der Waals surface area contributed by atoms with E-state index in [2.05, 4.69) is 15.9 Å². The van der Waals surface area contributed by atoms with Gasteiger partial charge in [-0.25, -0.2) is 0 Å². The quantitative estimate of drug-likeness (QED) is 0.752. The van der Waals surface area contributed by atoms with E-state index < -0.39 is 5.41 Å². The Balaban J connectivity index is 2.58. The van der Waals surface area contributed by atoms with Crippen LogP contribution in [-0.4, -0.2) is 25.3 Å². The van der Waals surface area contributed by atoms with Crippen molar-refractivity contribution in [2.75, 3.05) is 13.2 Å². The number of halogens is 1. The molecule has 0 spiro atoms. The van der Waals surface area contributed by atoms with E-state index in [0.717, 1.165) is 28.3 Å². The number of ketones is 1. The van der Waals surface area contributed by atoms with Crippen LogP contribution in [0.25, 0.3) is 0 Å². The Bertz CT molecular complexity index is 545. The molecule has 21 heavy (non-hydrogen) atoms. The molecule has 1 fully saturated rings. The summed E-state index contributed by atoms with van der Waals surface area (Å²) >= 11 is 3.52. The van der Waals surface area contributed by atoms with Gasteiger partial charge in [0.25, 0.3) is 0 Å². The van der Waals surface area contributed by atoms with Crippen LogP contribution in [0.3, 0.4) is 0 Å². The summed E-state index contributed by atoms with van der Waals surface area (Å²) in [6, 6.07) is 3.69. The van der Waals surface area contributed by atoms with E-state index in [1.165, 1.54) is 0 Å². The van der Waals surface area contributed by atoms with Gasteiger partial charge < -0.3 is 4.74 Å². The molecule has 114 valence electrons. The third-order valence-corrected chi connectivity index (χ3v) is 5.20. The Kier molecular flexibility index (Phi) is 5.33. The fourth-order valence-corrected chi connectivity index (χ4v) is 3.63. The van der Waals surface area contributed by atoms with Gasteiger partial charge in [0.2, 0.25) is 0 Å². The Morgan fingerprint density at radius 2 is 2.05 bits per heavy atom. The topological polar surface area (TPSA) is 43.4 Å². The SMILES string of the molecule is CCCC(=O)C1(c2cc(C=O)cc(Br)c2C)CCOCC1. The molecule has 3 nitrogen and oxygen atoms in total. The van der Waals surface area contributed by atoms with Crippen LogP contribution in [0.4, 0.5) is 0 Å². The number of aldehydes is 1. The summed E-state index contributed by atoms with van der Waals surface area (Å²) in [5, 5.41) is 0. The number of carbonyl (C=O) groups excluding carboxylic acids is 2. The number of carbonyl (C=O) groups is 2. The van der Waals surface area contributed by atoms with Gasteiger partial charge in [-0.2, -0.15) is 0 Å². The molecular formula is C17H21BrO3. The van der Waals surface area contributed by atoms with Crippen molar-refractivity contribution in [3.63, 3.8) is 0 Å². The predicted octanol–water partition coefficient (Wildman–Crippen LogP) is 3.99. The highest BCUT2D eigenvalue weighted by Gasteiger charge is 2.42.